The predicted octanol–water partition coefficient (Wildman–Crippen LogP) is 5.35. The van der Waals surface area contributed by atoms with Gasteiger partial charge in [0.05, 0.1) is 6.61 Å². The van der Waals surface area contributed by atoms with Gasteiger partial charge in [-0.2, -0.15) is 0 Å². The van der Waals surface area contributed by atoms with E-state index < -0.39 is 5.97 Å². The van der Waals surface area contributed by atoms with Gasteiger partial charge in [-0.1, -0.05) is 48.5 Å². The molecule has 3 aromatic rings. The van der Waals surface area contributed by atoms with Crippen molar-refractivity contribution in [3.8, 4) is 0 Å². The minimum atomic E-state index is -0.411. The third-order valence-corrected chi connectivity index (χ3v) is 5.64. The van der Waals surface area contributed by atoms with Crippen molar-refractivity contribution in [2.75, 3.05) is 13.2 Å². The zero-order valence-corrected chi connectivity index (χ0v) is 18.2. The summed E-state index contributed by atoms with van der Waals surface area (Å²) < 4.78 is 16.6. The lowest BCUT2D eigenvalue weighted by Gasteiger charge is -2.24. The van der Waals surface area contributed by atoms with Crippen LogP contribution in [-0.2, 0) is 27.3 Å². The zero-order valence-electron chi connectivity index (χ0n) is 18.2. The molecule has 0 saturated carbocycles. The van der Waals surface area contributed by atoms with E-state index in [0.717, 1.165) is 34.9 Å². The maximum atomic E-state index is 12.8. The van der Waals surface area contributed by atoms with Gasteiger partial charge in [-0.05, 0) is 43.9 Å². The molecule has 0 aliphatic carbocycles. The van der Waals surface area contributed by atoms with E-state index in [9.17, 15) is 9.59 Å². The van der Waals surface area contributed by atoms with Gasteiger partial charge in [0, 0.05) is 29.6 Å². The average Bonchev–Trinajstić information content (AvgIpc) is 3.42. The summed E-state index contributed by atoms with van der Waals surface area (Å²) in [5, 5.41) is 0.987. The molecule has 1 saturated heterocycles. The van der Waals surface area contributed by atoms with Crippen LogP contribution >= 0.6 is 0 Å². The van der Waals surface area contributed by atoms with Crippen LogP contribution in [0.4, 0.5) is 4.79 Å². The van der Waals surface area contributed by atoms with Gasteiger partial charge in [0.1, 0.15) is 18.0 Å². The molecule has 0 unspecified atom stereocenters. The van der Waals surface area contributed by atoms with Gasteiger partial charge < -0.3 is 18.8 Å². The molecule has 0 bridgehead atoms. The van der Waals surface area contributed by atoms with E-state index in [-0.39, 0.29) is 18.7 Å². The van der Waals surface area contributed by atoms with Crippen LogP contribution in [0.15, 0.2) is 65.1 Å². The summed E-state index contributed by atoms with van der Waals surface area (Å²) in [5.41, 5.74) is 2.69. The third-order valence-electron chi connectivity index (χ3n) is 5.64. The number of ether oxygens (including phenoxy) is 2. The molecule has 0 N–H and O–H groups in total. The van der Waals surface area contributed by atoms with Crippen molar-refractivity contribution >= 4 is 29.1 Å². The predicted molar refractivity (Wildman–Crippen MR) is 122 cm³/mol. The van der Waals surface area contributed by atoms with Crippen molar-refractivity contribution in [3.05, 3.63) is 77.6 Å². The van der Waals surface area contributed by atoms with E-state index in [2.05, 4.69) is 0 Å². The topological polar surface area (TPSA) is 69.0 Å². The number of benzene rings is 2. The van der Waals surface area contributed by atoms with Gasteiger partial charge in [-0.15, -0.1) is 0 Å². The van der Waals surface area contributed by atoms with E-state index in [1.54, 1.807) is 13.0 Å². The van der Waals surface area contributed by atoms with Crippen LogP contribution in [0.5, 0.6) is 0 Å². The van der Waals surface area contributed by atoms with Gasteiger partial charge in [-0.3, -0.25) is 0 Å². The Labute approximate surface area is 187 Å². The lowest BCUT2D eigenvalue weighted by atomic mass is 10.0. The fraction of sp³-hybridized carbons (Fsp3) is 0.308. The molecule has 0 radical (unpaired) electrons. The van der Waals surface area contributed by atoms with Crippen LogP contribution in [0.2, 0.25) is 0 Å². The molecule has 6 heteroatoms. The highest BCUT2D eigenvalue weighted by atomic mass is 16.6. The van der Waals surface area contributed by atoms with Crippen LogP contribution in [0.25, 0.3) is 17.0 Å². The number of rotatable bonds is 7. The summed E-state index contributed by atoms with van der Waals surface area (Å²) in [6.07, 6.45) is 5.18. The fourth-order valence-electron chi connectivity index (χ4n) is 4.12. The van der Waals surface area contributed by atoms with E-state index in [0.29, 0.717) is 25.3 Å². The number of carbonyl (C=O) groups excluding carboxylic acids is 2. The second kappa shape index (κ2) is 10.2. The van der Waals surface area contributed by atoms with E-state index in [4.69, 9.17) is 13.9 Å². The number of furan rings is 1. The summed E-state index contributed by atoms with van der Waals surface area (Å²) >= 11 is 0. The van der Waals surface area contributed by atoms with Gasteiger partial charge in [0.25, 0.3) is 0 Å². The Bertz CT molecular complexity index is 1100. The summed E-state index contributed by atoms with van der Waals surface area (Å²) in [6, 6.07) is 17.5. The first kappa shape index (κ1) is 21.7. The van der Waals surface area contributed by atoms with E-state index in [1.165, 1.54) is 6.08 Å². The Morgan fingerprint density at radius 1 is 1.09 bits per heavy atom. The number of fused-ring (bicyclic) bond motifs is 1. The molecular weight excluding hydrogens is 406 g/mol. The van der Waals surface area contributed by atoms with E-state index >= 15 is 0 Å². The first-order valence-electron chi connectivity index (χ1n) is 11.0. The van der Waals surface area contributed by atoms with Crippen LogP contribution in [-0.4, -0.2) is 36.2 Å². The number of carbonyl (C=O) groups is 2. The first-order chi connectivity index (χ1) is 15.7. The Morgan fingerprint density at radius 3 is 2.69 bits per heavy atom. The highest BCUT2D eigenvalue weighted by Gasteiger charge is 2.31. The normalized spacial score (nSPS) is 16.0. The van der Waals surface area contributed by atoms with Crippen molar-refractivity contribution in [2.45, 2.75) is 38.8 Å². The number of likely N-dealkylation sites (tertiary alicyclic amines) is 1. The van der Waals surface area contributed by atoms with Crippen LogP contribution in [0.3, 0.4) is 0 Å². The fourth-order valence-corrected chi connectivity index (χ4v) is 4.12. The Kier molecular flexibility index (Phi) is 6.90. The molecule has 0 spiro atoms. The molecule has 1 atom stereocenters. The lowest BCUT2D eigenvalue weighted by Crippen LogP contribution is -2.37. The second-order valence-corrected chi connectivity index (χ2v) is 7.76. The molecule has 1 aliphatic heterocycles. The minimum absolute atomic E-state index is 0.00835. The molecule has 1 amide bonds. The van der Waals surface area contributed by atoms with Gasteiger partial charge in [-0.25, -0.2) is 9.59 Å². The smallest absolute Gasteiger partial charge is 0.410 e. The van der Waals surface area contributed by atoms with Gasteiger partial charge in [0.15, 0.2) is 0 Å². The number of nitrogens with zero attached hydrogens (tertiary/aromatic N) is 1. The number of esters is 1. The number of para-hydroxylation sites is 1. The monoisotopic (exact) mass is 433 g/mol. The number of amides is 1. The maximum absolute atomic E-state index is 12.8. The number of hydrogen-bond acceptors (Lipinski definition) is 5. The quantitative estimate of drug-likeness (QED) is 0.371. The molecule has 1 aromatic heterocycles. The molecule has 2 heterocycles. The maximum Gasteiger partial charge on any atom is 0.410 e. The van der Waals surface area contributed by atoms with Crippen molar-refractivity contribution in [3.63, 3.8) is 0 Å². The lowest BCUT2D eigenvalue weighted by molar-refractivity contribution is -0.137. The molecule has 2 aromatic carbocycles. The largest absolute Gasteiger partial charge is 0.463 e. The minimum Gasteiger partial charge on any atom is -0.463 e. The Morgan fingerprint density at radius 2 is 1.88 bits per heavy atom. The van der Waals surface area contributed by atoms with E-state index in [1.807, 2.05) is 59.5 Å². The summed E-state index contributed by atoms with van der Waals surface area (Å²) in [5.74, 6) is 0.203. The summed E-state index contributed by atoms with van der Waals surface area (Å²) in [4.78, 5) is 26.4. The van der Waals surface area contributed by atoms with Crippen molar-refractivity contribution in [2.24, 2.45) is 0 Å². The zero-order chi connectivity index (χ0) is 22.3. The van der Waals surface area contributed by atoms with Gasteiger partial charge >= 0.3 is 12.1 Å². The van der Waals surface area contributed by atoms with Crippen LogP contribution in [0, 0.1) is 0 Å². The first-order valence-corrected chi connectivity index (χ1v) is 11.0. The second-order valence-electron chi connectivity index (χ2n) is 7.76. The third kappa shape index (κ3) is 5.02. The molecule has 1 fully saturated rings. The van der Waals surface area contributed by atoms with Crippen molar-refractivity contribution in [1.82, 2.24) is 4.90 Å². The molecule has 1 aliphatic rings. The average molecular weight is 434 g/mol. The van der Waals surface area contributed by atoms with Crippen LogP contribution in [0.1, 0.15) is 36.7 Å². The molecule has 4 rings (SSSR count). The van der Waals surface area contributed by atoms with Crippen molar-refractivity contribution < 1.29 is 23.5 Å². The molecule has 166 valence electrons. The van der Waals surface area contributed by atoms with Crippen LogP contribution < -0.4 is 0 Å². The standard InChI is InChI=1S/C26H27NO5/c1-2-30-25(28)15-14-24-22(21-12-6-7-13-23(21)32-24)17-20-11-8-16-27(20)26(29)31-18-19-9-4-3-5-10-19/h3-7,9-10,12-15,20H,2,8,11,16-18H2,1H3/b15-14+/t20-/m0/s1. The highest BCUT2D eigenvalue weighted by Crippen LogP contribution is 2.31. The molecular formula is C26H27NO5. The number of hydrogen-bond donors (Lipinski definition) is 0. The van der Waals surface area contributed by atoms with Gasteiger partial charge in [0.2, 0.25) is 0 Å². The Hall–Kier alpha value is -3.54. The van der Waals surface area contributed by atoms with Crippen molar-refractivity contribution in [1.29, 1.82) is 0 Å². The summed E-state index contributed by atoms with van der Waals surface area (Å²) in [6.45, 7) is 3.01. The summed E-state index contributed by atoms with van der Waals surface area (Å²) in [7, 11) is 0. The highest BCUT2D eigenvalue weighted by molar-refractivity contribution is 5.90. The Balaban J connectivity index is 1.51. The molecule has 32 heavy (non-hydrogen) atoms. The molecule has 6 nitrogen and oxygen atoms in total. The SMILES string of the molecule is CCOC(=O)/C=C/c1oc2ccccc2c1C[C@@H]1CCCN1C(=O)OCc1ccccc1.